The number of nitrogens with zero attached hydrogens (tertiary/aromatic N) is 6. The summed E-state index contributed by atoms with van der Waals surface area (Å²) in [6.07, 6.45) is 5.22. The van der Waals surface area contributed by atoms with Crippen molar-refractivity contribution in [2.24, 2.45) is 0 Å². The summed E-state index contributed by atoms with van der Waals surface area (Å²) < 4.78 is 27.2. The molecule has 12 nitrogen and oxygen atoms in total. The van der Waals surface area contributed by atoms with E-state index in [4.69, 9.17) is 18.3 Å². The first kappa shape index (κ1) is 34.2. The second-order valence-electron chi connectivity index (χ2n) is 13.0. The molecular formula is C44H32N6O6. The first-order chi connectivity index (χ1) is 27.5. The zero-order valence-electron chi connectivity index (χ0n) is 29.8. The van der Waals surface area contributed by atoms with Crippen LogP contribution in [-0.4, -0.2) is 43.2 Å². The molecule has 0 N–H and O–H groups in total. The largest absolute Gasteiger partial charge is 0.492 e. The molecule has 0 saturated heterocycles. The van der Waals surface area contributed by atoms with Crippen molar-refractivity contribution in [1.82, 2.24) is 30.0 Å². The molecule has 4 aromatic heterocycles. The van der Waals surface area contributed by atoms with E-state index in [0.717, 1.165) is 22.3 Å². The molecule has 0 saturated carbocycles. The van der Waals surface area contributed by atoms with Gasteiger partial charge in [-0.2, -0.15) is 0 Å². The van der Waals surface area contributed by atoms with Crippen LogP contribution < -0.4 is 20.3 Å². The van der Waals surface area contributed by atoms with Gasteiger partial charge in [0, 0.05) is 28.8 Å². The molecular weight excluding hydrogens is 709 g/mol. The van der Waals surface area contributed by atoms with E-state index in [-0.39, 0.29) is 10.9 Å². The lowest BCUT2D eigenvalue weighted by atomic mass is 10.1. The molecule has 9 aromatic rings. The molecule has 0 amide bonds. The average Bonchev–Trinajstić information content (AvgIpc) is 3.92. The van der Waals surface area contributed by atoms with Crippen molar-refractivity contribution in [3.63, 3.8) is 0 Å². The maximum atomic E-state index is 13.2. The molecule has 0 radical (unpaired) electrons. The van der Waals surface area contributed by atoms with Crippen molar-refractivity contribution in [3.8, 4) is 56.5 Å². The molecule has 56 heavy (non-hydrogen) atoms. The normalized spacial score (nSPS) is 11.3. The third-order valence-electron chi connectivity index (χ3n) is 9.30. The second-order valence-corrected chi connectivity index (χ2v) is 13.0. The predicted octanol–water partition coefficient (Wildman–Crippen LogP) is 7.91. The van der Waals surface area contributed by atoms with Gasteiger partial charge in [0.15, 0.2) is 5.43 Å². The zero-order valence-corrected chi connectivity index (χ0v) is 29.8. The molecule has 0 unspecified atom stereocenters. The topological polar surface area (TPSA) is 140 Å². The van der Waals surface area contributed by atoms with Crippen molar-refractivity contribution in [3.05, 3.63) is 166 Å². The van der Waals surface area contributed by atoms with E-state index >= 15 is 0 Å². The summed E-state index contributed by atoms with van der Waals surface area (Å²) in [5.74, 6) is 1.64. The molecule has 274 valence electrons. The minimum absolute atomic E-state index is 0.111. The van der Waals surface area contributed by atoms with Crippen molar-refractivity contribution in [2.75, 3.05) is 13.2 Å². The van der Waals surface area contributed by atoms with Crippen LogP contribution in [-0.2, 0) is 13.1 Å². The Morgan fingerprint density at radius 2 is 1.16 bits per heavy atom. The molecule has 0 aliphatic carbocycles. The van der Waals surface area contributed by atoms with Crippen LogP contribution in [0.15, 0.2) is 164 Å². The van der Waals surface area contributed by atoms with E-state index < -0.39 is 0 Å². The molecule has 0 spiro atoms. The van der Waals surface area contributed by atoms with E-state index in [0.29, 0.717) is 82.5 Å². The third-order valence-corrected chi connectivity index (χ3v) is 9.30. The van der Waals surface area contributed by atoms with Crippen molar-refractivity contribution in [2.45, 2.75) is 13.1 Å². The van der Waals surface area contributed by atoms with Crippen LogP contribution in [0.4, 0.5) is 0 Å². The first-order valence-corrected chi connectivity index (χ1v) is 18.0. The lowest BCUT2D eigenvalue weighted by Crippen LogP contribution is -2.09. The van der Waals surface area contributed by atoms with Crippen LogP contribution in [0.1, 0.15) is 0 Å². The van der Waals surface area contributed by atoms with Gasteiger partial charge < -0.3 is 18.3 Å². The second kappa shape index (κ2) is 15.0. The van der Waals surface area contributed by atoms with E-state index in [1.54, 1.807) is 45.8 Å². The third kappa shape index (κ3) is 7.18. The molecule has 4 heterocycles. The highest BCUT2D eigenvalue weighted by atomic mass is 16.5. The Bertz CT molecular complexity index is 2940. The summed E-state index contributed by atoms with van der Waals surface area (Å²) in [5, 5.41) is 18.3. The molecule has 5 aromatic carbocycles. The van der Waals surface area contributed by atoms with Gasteiger partial charge in [-0.05, 0) is 42.0 Å². The highest BCUT2D eigenvalue weighted by Crippen LogP contribution is 2.27. The Hall–Kier alpha value is -7.60. The minimum atomic E-state index is -0.115. The summed E-state index contributed by atoms with van der Waals surface area (Å²) in [6.45, 7) is 1.55. The lowest BCUT2D eigenvalue weighted by molar-refractivity contribution is 0.289. The van der Waals surface area contributed by atoms with Crippen molar-refractivity contribution >= 4 is 21.9 Å². The quantitative estimate of drug-likeness (QED) is 0.121. The zero-order chi connectivity index (χ0) is 37.8. The summed E-state index contributed by atoms with van der Waals surface area (Å²) >= 11 is 0. The molecule has 12 heteroatoms. The number of hydrogen-bond donors (Lipinski definition) is 0. The van der Waals surface area contributed by atoms with Crippen LogP contribution in [0.5, 0.6) is 11.5 Å². The SMILES string of the molecule is O=c1cc(-c2ccccc2)oc2cc(OCCn3cc(-c4cccc(-c5cn(CCOc6ccc7occ(-c8ccccc8)c(=O)c7c6)nn5)c4)nn3)ccc12. The van der Waals surface area contributed by atoms with Crippen LogP contribution in [0.25, 0.3) is 66.9 Å². The van der Waals surface area contributed by atoms with Gasteiger partial charge in [0.25, 0.3) is 0 Å². The maximum Gasteiger partial charge on any atom is 0.200 e. The molecule has 0 aliphatic rings. The maximum absolute atomic E-state index is 13.2. The van der Waals surface area contributed by atoms with E-state index in [1.165, 1.54) is 12.3 Å². The first-order valence-electron chi connectivity index (χ1n) is 18.0. The number of aromatic nitrogens is 6. The summed E-state index contributed by atoms with van der Waals surface area (Å²) in [6, 6.07) is 38.8. The van der Waals surface area contributed by atoms with Crippen LogP contribution in [0.2, 0.25) is 0 Å². The number of ether oxygens (including phenoxy) is 2. The summed E-state index contributed by atoms with van der Waals surface area (Å²) in [5.41, 5.74) is 6.01. The highest BCUT2D eigenvalue weighted by molar-refractivity contribution is 5.83. The summed E-state index contributed by atoms with van der Waals surface area (Å²) in [7, 11) is 0. The number of rotatable bonds is 12. The lowest BCUT2D eigenvalue weighted by Gasteiger charge is -2.08. The van der Waals surface area contributed by atoms with Crippen LogP contribution >= 0.6 is 0 Å². The van der Waals surface area contributed by atoms with E-state index in [9.17, 15) is 9.59 Å². The Labute approximate surface area is 318 Å². The van der Waals surface area contributed by atoms with Gasteiger partial charge in [-0.25, -0.2) is 9.36 Å². The van der Waals surface area contributed by atoms with Gasteiger partial charge >= 0.3 is 0 Å². The fourth-order valence-electron chi connectivity index (χ4n) is 6.42. The van der Waals surface area contributed by atoms with E-state index in [1.807, 2.05) is 97.3 Å². The van der Waals surface area contributed by atoms with Gasteiger partial charge in [0.2, 0.25) is 5.43 Å². The molecule has 9 rings (SSSR count). The minimum Gasteiger partial charge on any atom is -0.492 e. The fraction of sp³-hybridized carbons (Fsp3) is 0.0909. The van der Waals surface area contributed by atoms with Gasteiger partial charge in [-0.1, -0.05) is 89.3 Å². The molecule has 0 bridgehead atoms. The number of fused-ring (bicyclic) bond motifs is 2. The van der Waals surface area contributed by atoms with Gasteiger partial charge in [-0.3, -0.25) is 9.59 Å². The Morgan fingerprint density at radius 3 is 1.84 bits per heavy atom. The van der Waals surface area contributed by atoms with Gasteiger partial charge in [-0.15, -0.1) is 10.2 Å². The average molecular weight is 741 g/mol. The van der Waals surface area contributed by atoms with Gasteiger partial charge in [0.05, 0.1) is 41.8 Å². The Morgan fingerprint density at radius 1 is 0.554 bits per heavy atom. The molecule has 0 fully saturated rings. The predicted molar refractivity (Wildman–Crippen MR) is 211 cm³/mol. The molecule has 0 atom stereocenters. The van der Waals surface area contributed by atoms with Crippen molar-refractivity contribution < 1.29 is 18.3 Å². The fourth-order valence-corrected chi connectivity index (χ4v) is 6.42. The Balaban J connectivity index is 0.812. The smallest absolute Gasteiger partial charge is 0.200 e. The number of hydrogen-bond acceptors (Lipinski definition) is 10. The summed E-state index contributed by atoms with van der Waals surface area (Å²) in [4.78, 5) is 26.0. The van der Waals surface area contributed by atoms with Crippen molar-refractivity contribution in [1.29, 1.82) is 0 Å². The highest BCUT2D eigenvalue weighted by Gasteiger charge is 2.13. The van der Waals surface area contributed by atoms with Gasteiger partial charge in [0.1, 0.15) is 59.3 Å². The number of benzene rings is 5. The molecule has 0 aliphatic heterocycles. The monoisotopic (exact) mass is 740 g/mol. The van der Waals surface area contributed by atoms with Crippen LogP contribution in [0, 0.1) is 0 Å². The standard InChI is InChI=1S/C44H32N6O6/c51-40-25-42(30-10-5-2-6-11-30)56-43-24-34(14-16-35(40)43)54-21-19-50-27-39(46-48-50)32-13-7-12-31(22-32)38-26-49(47-45-38)18-20-53-33-15-17-41-36(23-33)44(52)37(28-55-41)29-8-3-1-4-9-29/h1-17,22-28H,18-21H2. The Kier molecular flexibility index (Phi) is 9.18. The van der Waals surface area contributed by atoms with E-state index in [2.05, 4.69) is 20.6 Å². The van der Waals surface area contributed by atoms with Crippen LogP contribution in [0.3, 0.4) is 0 Å².